The minimum atomic E-state index is -0.0703. The molecule has 0 spiro atoms. The monoisotopic (exact) mass is 306 g/mol. The summed E-state index contributed by atoms with van der Waals surface area (Å²) in [6.45, 7) is 5.04. The highest BCUT2D eigenvalue weighted by molar-refractivity contribution is 5.91. The third-order valence-electron chi connectivity index (χ3n) is 4.79. The van der Waals surface area contributed by atoms with Crippen molar-refractivity contribution in [2.24, 2.45) is 5.92 Å². The Morgan fingerprint density at radius 1 is 1.14 bits per heavy atom. The molecule has 6 nitrogen and oxygen atoms in total. The molecule has 1 aromatic heterocycles. The fourth-order valence-electron chi connectivity index (χ4n) is 3.25. The zero-order chi connectivity index (χ0) is 15.5. The van der Waals surface area contributed by atoms with Crippen LogP contribution in [0, 0.1) is 5.92 Å². The highest BCUT2D eigenvalue weighted by Gasteiger charge is 2.32. The predicted octanol–water partition coefficient (Wildman–Crippen LogP) is -0.511. The van der Waals surface area contributed by atoms with Crippen molar-refractivity contribution in [1.29, 1.82) is 0 Å². The molecule has 0 saturated carbocycles. The van der Waals surface area contributed by atoms with Gasteiger partial charge in [-0.15, -0.1) is 0 Å². The number of rotatable bonds is 2. The molecule has 2 saturated heterocycles. The average molecular weight is 306 g/mol. The van der Waals surface area contributed by atoms with E-state index < -0.39 is 0 Å². The maximum absolute atomic E-state index is 12.6. The molecule has 0 atom stereocenters. The van der Waals surface area contributed by atoms with Gasteiger partial charge in [-0.3, -0.25) is 9.59 Å². The van der Waals surface area contributed by atoms with Gasteiger partial charge >= 0.3 is 0 Å². The first-order valence-electron chi connectivity index (χ1n) is 8.08. The number of nitrogens with one attached hydrogen (secondary N) is 1. The molecule has 2 fully saturated rings. The van der Waals surface area contributed by atoms with Crippen LogP contribution in [-0.2, 0) is 4.79 Å². The Labute approximate surface area is 130 Å². The Hall–Kier alpha value is -1.82. The van der Waals surface area contributed by atoms with E-state index in [0.717, 1.165) is 39.0 Å². The van der Waals surface area contributed by atoms with E-state index in [-0.39, 0.29) is 17.7 Å². The molecule has 3 heterocycles. The molecule has 0 unspecified atom stereocenters. The number of amides is 2. The van der Waals surface area contributed by atoms with E-state index in [2.05, 4.69) is 7.05 Å². The lowest BCUT2D eigenvalue weighted by molar-refractivity contribution is -0.883. The second-order valence-corrected chi connectivity index (χ2v) is 6.33. The molecule has 6 heteroatoms. The number of carbonyl (C=O) groups is 2. The summed E-state index contributed by atoms with van der Waals surface area (Å²) >= 11 is 0. The van der Waals surface area contributed by atoms with Crippen LogP contribution in [0.3, 0.4) is 0 Å². The molecule has 1 N–H and O–H groups in total. The molecule has 2 aliphatic rings. The van der Waals surface area contributed by atoms with Gasteiger partial charge < -0.3 is 19.1 Å². The topological polar surface area (TPSA) is 58.2 Å². The number of piperidine rings is 1. The Balaban J connectivity index is 1.51. The van der Waals surface area contributed by atoms with Crippen molar-refractivity contribution < 1.29 is 18.9 Å². The number of carbonyl (C=O) groups excluding carboxylic acids is 2. The van der Waals surface area contributed by atoms with Gasteiger partial charge in [0, 0.05) is 19.0 Å². The Bertz CT molecular complexity index is 513. The fraction of sp³-hybridized carbons (Fsp3) is 0.625. The fourth-order valence-corrected chi connectivity index (χ4v) is 3.25. The lowest BCUT2D eigenvalue weighted by Gasteiger charge is -2.36. The van der Waals surface area contributed by atoms with Crippen molar-refractivity contribution in [2.45, 2.75) is 12.8 Å². The van der Waals surface area contributed by atoms with Crippen molar-refractivity contribution >= 4 is 11.8 Å². The van der Waals surface area contributed by atoms with E-state index in [0.29, 0.717) is 18.8 Å². The molecule has 0 bridgehead atoms. The van der Waals surface area contributed by atoms with Crippen molar-refractivity contribution in [3.8, 4) is 0 Å². The quantitative estimate of drug-likeness (QED) is 0.800. The molecular formula is C16H24N3O3+. The van der Waals surface area contributed by atoms with Crippen molar-refractivity contribution in [3.05, 3.63) is 24.2 Å². The van der Waals surface area contributed by atoms with Crippen molar-refractivity contribution in [2.75, 3.05) is 46.3 Å². The molecular weight excluding hydrogens is 282 g/mol. The van der Waals surface area contributed by atoms with Crippen molar-refractivity contribution in [3.63, 3.8) is 0 Å². The molecule has 3 rings (SSSR count). The van der Waals surface area contributed by atoms with E-state index >= 15 is 0 Å². The predicted molar refractivity (Wildman–Crippen MR) is 80.5 cm³/mol. The SMILES string of the molecule is C[NH+]1CCN(C(=O)C2CCN(C(=O)c3ccco3)CC2)CC1. The second kappa shape index (κ2) is 6.52. The van der Waals surface area contributed by atoms with Crippen LogP contribution >= 0.6 is 0 Å². The van der Waals surface area contributed by atoms with Gasteiger partial charge in [-0.1, -0.05) is 0 Å². The maximum Gasteiger partial charge on any atom is 0.289 e. The molecule has 2 amide bonds. The Morgan fingerprint density at radius 3 is 2.41 bits per heavy atom. The molecule has 0 aromatic carbocycles. The van der Waals surface area contributed by atoms with Crippen LogP contribution in [-0.4, -0.2) is 67.9 Å². The van der Waals surface area contributed by atoms with Crippen LogP contribution in [0.25, 0.3) is 0 Å². The smallest absolute Gasteiger partial charge is 0.289 e. The van der Waals surface area contributed by atoms with Crippen LogP contribution in [0.2, 0.25) is 0 Å². The third-order valence-corrected chi connectivity index (χ3v) is 4.79. The van der Waals surface area contributed by atoms with Gasteiger partial charge in [0.15, 0.2) is 5.76 Å². The molecule has 0 aliphatic carbocycles. The summed E-state index contributed by atoms with van der Waals surface area (Å²) in [4.78, 5) is 30.0. The summed E-state index contributed by atoms with van der Waals surface area (Å²) in [6.07, 6.45) is 3.02. The van der Waals surface area contributed by atoms with Crippen LogP contribution in [0.1, 0.15) is 23.4 Å². The van der Waals surface area contributed by atoms with E-state index in [1.54, 1.807) is 17.0 Å². The number of hydrogen-bond acceptors (Lipinski definition) is 3. The number of likely N-dealkylation sites (tertiary alicyclic amines) is 1. The summed E-state index contributed by atoms with van der Waals surface area (Å²) in [6, 6.07) is 3.41. The van der Waals surface area contributed by atoms with Crippen LogP contribution in [0.5, 0.6) is 0 Å². The summed E-state index contributed by atoms with van der Waals surface area (Å²) in [5.41, 5.74) is 0. The lowest BCUT2D eigenvalue weighted by Crippen LogP contribution is -3.12. The summed E-state index contributed by atoms with van der Waals surface area (Å²) in [7, 11) is 2.17. The molecule has 1 aromatic rings. The van der Waals surface area contributed by atoms with Gasteiger partial charge in [-0.05, 0) is 25.0 Å². The first kappa shape index (κ1) is 15.1. The number of piperazine rings is 1. The standard InChI is InChI=1S/C16H23N3O3/c1-17-8-10-19(11-9-17)15(20)13-4-6-18(7-5-13)16(21)14-3-2-12-22-14/h2-3,12-13H,4-11H2,1H3/p+1. The van der Waals surface area contributed by atoms with E-state index in [4.69, 9.17) is 4.42 Å². The number of nitrogens with zero attached hydrogens (tertiary/aromatic N) is 2. The average Bonchev–Trinajstić information content (AvgIpc) is 3.09. The van der Waals surface area contributed by atoms with Crippen molar-refractivity contribution in [1.82, 2.24) is 9.80 Å². The minimum absolute atomic E-state index is 0.0686. The van der Waals surface area contributed by atoms with Gasteiger partial charge in [0.2, 0.25) is 5.91 Å². The van der Waals surface area contributed by atoms with Crippen LogP contribution in [0.4, 0.5) is 0 Å². The Kier molecular flexibility index (Phi) is 4.47. The second-order valence-electron chi connectivity index (χ2n) is 6.33. The van der Waals surface area contributed by atoms with E-state index in [1.165, 1.54) is 11.2 Å². The van der Waals surface area contributed by atoms with Gasteiger partial charge in [0.05, 0.1) is 39.5 Å². The highest BCUT2D eigenvalue weighted by atomic mass is 16.3. The first-order valence-corrected chi connectivity index (χ1v) is 8.08. The molecule has 22 heavy (non-hydrogen) atoms. The maximum atomic E-state index is 12.6. The van der Waals surface area contributed by atoms with Crippen LogP contribution < -0.4 is 4.90 Å². The number of furan rings is 1. The first-order chi connectivity index (χ1) is 10.6. The lowest BCUT2D eigenvalue weighted by atomic mass is 9.94. The largest absolute Gasteiger partial charge is 0.459 e. The molecule has 2 aliphatic heterocycles. The van der Waals surface area contributed by atoms with Gasteiger partial charge in [-0.2, -0.15) is 0 Å². The number of quaternary nitrogens is 1. The molecule has 120 valence electrons. The normalized spacial score (nSPS) is 21.1. The van der Waals surface area contributed by atoms with Crippen LogP contribution in [0.15, 0.2) is 22.8 Å². The number of hydrogen-bond donors (Lipinski definition) is 1. The van der Waals surface area contributed by atoms with Gasteiger partial charge in [-0.25, -0.2) is 0 Å². The summed E-state index contributed by atoms with van der Waals surface area (Å²) in [5.74, 6) is 0.655. The highest BCUT2D eigenvalue weighted by Crippen LogP contribution is 2.21. The van der Waals surface area contributed by atoms with E-state index in [1.807, 2.05) is 4.90 Å². The van der Waals surface area contributed by atoms with Gasteiger partial charge in [0.1, 0.15) is 0 Å². The minimum Gasteiger partial charge on any atom is -0.459 e. The third kappa shape index (κ3) is 3.16. The van der Waals surface area contributed by atoms with E-state index in [9.17, 15) is 9.59 Å². The number of likely N-dealkylation sites (N-methyl/N-ethyl adjacent to an activating group) is 1. The summed E-state index contributed by atoms with van der Waals surface area (Å²) in [5, 5.41) is 0. The zero-order valence-corrected chi connectivity index (χ0v) is 13.1. The van der Waals surface area contributed by atoms with Gasteiger partial charge in [0.25, 0.3) is 5.91 Å². The molecule has 0 radical (unpaired) electrons. The Morgan fingerprint density at radius 2 is 1.82 bits per heavy atom. The summed E-state index contributed by atoms with van der Waals surface area (Å²) < 4.78 is 5.16. The zero-order valence-electron chi connectivity index (χ0n) is 13.1.